The molecule has 1 fully saturated rings. The number of nitrogens with zero attached hydrogens (tertiary/aromatic N) is 2. The average Bonchev–Trinajstić information content (AvgIpc) is 3.31. The summed E-state index contributed by atoms with van der Waals surface area (Å²) in [6.45, 7) is 0.940. The minimum atomic E-state index is -0.254. The first-order valence-corrected chi connectivity index (χ1v) is 9.85. The molecule has 0 bridgehead atoms. The van der Waals surface area contributed by atoms with Crippen molar-refractivity contribution in [2.24, 2.45) is 0 Å². The van der Waals surface area contributed by atoms with Gasteiger partial charge in [-0.05, 0) is 53.8 Å². The van der Waals surface area contributed by atoms with E-state index in [1.807, 2.05) is 16.3 Å². The maximum atomic E-state index is 12.6. The lowest BCUT2D eigenvalue weighted by Crippen LogP contribution is -2.34. The summed E-state index contributed by atoms with van der Waals surface area (Å²) in [6, 6.07) is 9.27. The third-order valence-corrected chi connectivity index (χ3v) is 5.62. The zero-order chi connectivity index (χ0) is 18.1. The van der Waals surface area contributed by atoms with Gasteiger partial charge in [0.15, 0.2) is 0 Å². The second-order valence-corrected chi connectivity index (χ2v) is 7.58. The van der Waals surface area contributed by atoms with Gasteiger partial charge in [-0.1, -0.05) is 12.1 Å². The normalized spacial score (nSPS) is 16.1. The number of rotatable bonds is 7. The van der Waals surface area contributed by atoms with Crippen molar-refractivity contribution in [3.8, 4) is 0 Å². The molecular formula is C20H20N2O3S. The molecule has 2 aromatic rings. The highest BCUT2D eigenvalue weighted by molar-refractivity contribution is 7.07. The van der Waals surface area contributed by atoms with E-state index in [4.69, 9.17) is 0 Å². The van der Waals surface area contributed by atoms with Crippen molar-refractivity contribution in [1.29, 1.82) is 0 Å². The van der Waals surface area contributed by atoms with Crippen molar-refractivity contribution in [3.05, 3.63) is 57.8 Å². The number of thiophene rings is 1. The van der Waals surface area contributed by atoms with Gasteiger partial charge in [-0.2, -0.15) is 11.3 Å². The molecule has 6 heteroatoms. The predicted octanol–water partition coefficient (Wildman–Crippen LogP) is 3.32. The van der Waals surface area contributed by atoms with Crippen LogP contribution in [-0.4, -0.2) is 40.1 Å². The Morgan fingerprint density at radius 3 is 2.38 bits per heavy atom. The summed E-state index contributed by atoms with van der Waals surface area (Å²) >= 11 is 1.63. The Labute approximate surface area is 156 Å². The Hall–Kier alpha value is -2.47. The predicted molar refractivity (Wildman–Crippen MR) is 98.9 cm³/mol. The summed E-state index contributed by atoms with van der Waals surface area (Å²) in [5, 5.41) is 4.09. The quantitative estimate of drug-likeness (QED) is 0.705. The van der Waals surface area contributed by atoms with Gasteiger partial charge in [0.05, 0.1) is 11.1 Å². The second-order valence-electron chi connectivity index (χ2n) is 6.80. The molecule has 1 aliphatic heterocycles. The Balaban J connectivity index is 1.33. The molecular weight excluding hydrogens is 348 g/mol. The van der Waals surface area contributed by atoms with Gasteiger partial charge in [-0.25, -0.2) is 0 Å². The monoisotopic (exact) mass is 368 g/mol. The average molecular weight is 368 g/mol. The van der Waals surface area contributed by atoms with Crippen LogP contribution < -0.4 is 0 Å². The highest BCUT2D eigenvalue weighted by Gasteiger charge is 2.35. The summed E-state index contributed by atoms with van der Waals surface area (Å²) in [7, 11) is 0. The Morgan fingerprint density at radius 1 is 1.12 bits per heavy atom. The third kappa shape index (κ3) is 3.29. The first-order valence-electron chi connectivity index (χ1n) is 8.91. The Kier molecular flexibility index (Phi) is 4.59. The zero-order valence-electron chi connectivity index (χ0n) is 14.4. The van der Waals surface area contributed by atoms with Crippen molar-refractivity contribution < 1.29 is 14.4 Å². The lowest BCUT2D eigenvalue weighted by Gasteiger charge is -2.22. The topological polar surface area (TPSA) is 57.7 Å². The molecule has 4 rings (SSSR count). The largest absolute Gasteiger partial charge is 0.335 e. The van der Waals surface area contributed by atoms with E-state index in [0.717, 1.165) is 18.4 Å². The van der Waals surface area contributed by atoms with E-state index in [-0.39, 0.29) is 24.3 Å². The molecule has 3 amide bonds. The molecule has 0 unspecified atom stereocenters. The first-order chi connectivity index (χ1) is 12.6. The van der Waals surface area contributed by atoms with E-state index in [2.05, 4.69) is 5.38 Å². The molecule has 0 atom stereocenters. The van der Waals surface area contributed by atoms with Crippen LogP contribution >= 0.6 is 11.3 Å². The Bertz CT molecular complexity index is 808. The lowest BCUT2D eigenvalue weighted by molar-refractivity contribution is -0.132. The molecule has 26 heavy (non-hydrogen) atoms. The number of fused-ring (bicyclic) bond motifs is 1. The SMILES string of the molecule is O=C1c2ccccc2C(=O)N1CCCC(=O)N(Cc1ccsc1)C1CC1. The van der Waals surface area contributed by atoms with E-state index >= 15 is 0 Å². The number of carbonyl (C=O) groups is 3. The van der Waals surface area contributed by atoms with Crippen molar-refractivity contribution >= 4 is 29.1 Å². The maximum Gasteiger partial charge on any atom is 0.261 e. The highest BCUT2D eigenvalue weighted by atomic mass is 32.1. The van der Waals surface area contributed by atoms with Crippen molar-refractivity contribution in [2.75, 3.05) is 6.54 Å². The standard InChI is InChI=1S/C20H20N2O3S/c23-18(22(15-7-8-15)12-14-9-11-26-13-14)6-3-10-21-19(24)16-4-1-2-5-17(16)20(21)25/h1-2,4-5,9,11,13,15H,3,6-8,10,12H2. The minimum absolute atomic E-state index is 0.107. The first kappa shape index (κ1) is 17.0. The number of benzene rings is 1. The number of hydrogen-bond donors (Lipinski definition) is 0. The van der Waals surface area contributed by atoms with Crippen molar-refractivity contribution in [1.82, 2.24) is 9.80 Å². The van der Waals surface area contributed by atoms with Gasteiger partial charge in [0.1, 0.15) is 0 Å². The Morgan fingerprint density at radius 2 is 1.81 bits per heavy atom. The number of carbonyl (C=O) groups excluding carboxylic acids is 3. The second kappa shape index (κ2) is 7.03. The van der Waals surface area contributed by atoms with Crippen molar-refractivity contribution in [2.45, 2.75) is 38.3 Å². The fourth-order valence-corrected chi connectivity index (χ4v) is 4.02. The van der Waals surface area contributed by atoms with E-state index in [0.29, 0.717) is 36.6 Å². The van der Waals surface area contributed by atoms with Crippen LogP contribution in [0.1, 0.15) is 52.0 Å². The molecule has 0 saturated heterocycles. The number of imide groups is 1. The van der Waals surface area contributed by atoms with E-state index in [1.165, 1.54) is 4.90 Å². The van der Waals surface area contributed by atoms with E-state index in [9.17, 15) is 14.4 Å². The van der Waals surface area contributed by atoms with Crippen LogP contribution in [0.3, 0.4) is 0 Å². The summed E-state index contributed by atoms with van der Waals surface area (Å²) < 4.78 is 0. The van der Waals surface area contributed by atoms with Crippen LogP contribution in [0.4, 0.5) is 0 Å². The van der Waals surface area contributed by atoms with Crippen LogP contribution in [0.15, 0.2) is 41.1 Å². The highest BCUT2D eigenvalue weighted by Crippen LogP contribution is 2.30. The molecule has 1 aliphatic carbocycles. The van der Waals surface area contributed by atoms with Gasteiger partial charge in [0.2, 0.25) is 5.91 Å². The van der Waals surface area contributed by atoms with Gasteiger partial charge in [-0.15, -0.1) is 0 Å². The number of hydrogen-bond acceptors (Lipinski definition) is 4. The molecule has 2 aliphatic rings. The molecule has 5 nitrogen and oxygen atoms in total. The van der Waals surface area contributed by atoms with Crippen molar-refractivity contribution in [3.63, 3.8) is 0 Å². The molecule has 134 valence electrons. The van der Waals surface area contributed by atoms with E-state index in [1.54, 1.807) is 35.6 Å². The lowest BCUT2D eigenvalue weighted by atomic mass is 10.1. The van der Waals surface area contributed by atoms with Gasteiger partial charge in [-0.3, -0.25) is 19.3 Å². The zero-order valence-corrected chi connectivity index (χ0v) is 15.2. The van der Waals surface area contributed by atoms with Crippen LogP contribution in [0.25, 0.3) is 0 Å². The van der Waals surface area contributed by atoms with Gasteiger partial charge in [0, 0.05) is 25.6 Å². The fraction of sp³-hybridized carbons (Fsp3) is 0.350. The van der Waals surface area contributed by atoms with Gasteiger partial charge >= 0.3 is 0 Å². The molecule has 1 aromatic heterocycles. The summed E-state index contributed by atoms with van der Waals surface area (Å²) in [6.07, 6.45) is 2.98. The van der Waals surface area contributed by atoms with Crippen LogP contribution in [0.5, 0.6) is 0 Å². The molecule has 1 aromatic carbocycles. The van der Waals surface area contributed by atoms with Crippen LogP contribution in [-0.2, 0) is 11.3 Å². The molecule has 0 N–H and O–H groups in total. The smallest absolute Gasteiger partial charge is 0.261 e. The van der Waals surface area contributed by atoms with E-state index < -0.39 is 0 Å². The molecule has 0 spiro atoms. The summed E-state index contributed by atoms with van der Waals surface area (Å²) in [5.41, 5.74) is 2.08. The molecule has 1 saturated carbocycles. The molecule has 0 radical (unpaired) electrons. The number of amides is 3. The summed E-state index contributed by atoms with van der Waals surface area (Å²) in [5.74, 6) is -0.402. The fourth-order valence-electron chi connectivity index (χ4n) is 3.36. The van der Waals surface area contributed by atoms with Crippen LogP contribution in [0, 0.1) is 0 Å². The summed E-state index contributed by atoms with van der Waals surface area (Å²) in [4.78, 5) is 40.6. The maximum absolute atomic E-state index is 12.6. The minimum Gasteiger partial charge on any atom is -0.335 e. The van der Waals surface area contributed by atoms with Gasteiger partial charge in [0.25, 0.3) is 11.8 Å². The van der Waals surface area contributed by atoms with Crippen LogP contribution in [0.2, 0.25) is 0 Å². The third-order valence-electron chi connectivity index (χ3n) is 4.89. The van der Waals surface area contributed by atoms with Gasteiger partial charge < -0.3 is 4.90 Å². The molecule has 2 heterocycles.